The number of carbonyl (C=O) groups excluding carboxylic acids is 2. The van der Waals surface area contributed by atoms with Crippen LogP contribution in [-0.4, -0.2) is 36.1 Å². The molecule has 6 nitrogen and oxygen atoms in total. The van der Waals surface area contributed by atoms with Crippen molar-refractivity contribution in [3.05, 3.63) is 11.6 Å². The van der Waals surface area contributed by atoms with E-state index in [0.717, 1.165) is 5.57 Å². The van der Waals surface area contributed by atoms with Gasteiger partial charge in [0.25, 0.3) is 0 Å². The van der Waals surface area contributed by atoms with Crippen molar-refractivity contribution >= 4 is 17.8 Å². The molecule has 0 unspecified atom stereocenters. The molecule has 6 heteroatoms. The number of esters is 1. The van der Waals surface area contributed by atoms with E-state index in [0.29, 0.717) is 0 Å². The number of carboxylic acids is 1. The highest BCUT2D eigenvalue weighted by atomic mass is 16.5. The van der Waals surface area contributed by atoms with Gasteiger partial charge in [0.2, 0.25) is 5.91 Å². The van der Waals surface area contributed by atoms with Gasteiger partial charge in [0.1, 0.15) is 6.04 Å². The zero-order chi connectivity index (χ0) is 13.4. The molecule has 1 atom stereocenters. The fourth-order valence-corrected chi connectivity index (χ4v) is 1.10. The number of rotatable bonds is 6. The number of methoxy groups -OCH3 is 1. The summed E-state index contributed by atoms with van der Waals surface area (Å²) in [6, 6.07) is -1.09. The van der Waals surface area contributed by atoms with Gasteiger partial charge in [0, 0.05) is 12.5 Å². The van der Waals surface area contributed by atoms with Gasteiger partial charge in [-0.3, -0.25) is 9.59 Å². The summed E-state index contributed by atoms with van der Waals surface area (Å²) in [7, 11) is 1.22. The third-order valence-corrected chi connectivity index (χ3v) is 1.90. The Morgan fingerprint density at radius 2 is 1.94 bits per heavy atom. The topological polar surface area (TPSA) is 92.7 Å². The summed E-state index contributed by atoms with van der Waals surface area (Å²) >= 11 is 0. The molecule has 0 aromatic rings. The van der Waals surface area contributed by atoms with Crippen molar-refractivity contribution in [2.75, 3.05) is 7.11 Å². The second kappa shape index (κ2) is 7.43. The van der Waals surface area contributed by atoms with Crippen LogP contribution >= 0.6 is 0 Å². The first-order chi connectivity index (χ1) is 7.86. The van der Waals surface area contributed by atoms with Crippen LogP contribution in [0.1, 0.15) is 26.7 Å². The molecule has 17 heavy (non-hydrogen) atoms. The Labute approximate surface area is 99.6 Å². The van der Waals surface area contributed by atoms with Crippen LogP contribution in [0.15, 0.2) is 11.6 Å². The van der Waals surface area contributed by atoms with Crippen molar-refractivity contribution in [1.29, 1.82) is 0 Å². The van der Waals surface area contributed by atoms with E-state index in [2.05, 4.69) is 10.1 Å². The lowest BCUT2D eigenvalue weighted by atomic mass is 10.1. The Hall–Kier alpha value is -1.85. The Kier molecular flexibility index (Phi) is 6.62. The van der Waals surface area contributed by atoms with Gasteiger partial charge in [-0.1, -0.05) is 5.57 Å². The highest BCUT2D eigenvalue weighted by Crippen LogP contribution is 2.00. The molecule has 0 spiro atoms. The van der Waals surface area contributed by atoms with Crippen molar-refractivity contribution in [3.8, 4) is 0 Å². The third kappa shape index (κ3) is 7.10. The Morgan fingerprint density at radius 3 is 2.35 bits per heavy atom. The quantitative estimate of drug-likeness (QED) is 0.522. The lowest BCUT2D eigenvalue weighted by Gasteiger charge is -2.12. The van der Waals surface area contributed by atoms with Gasteiger partial charge in [-0.2, -0.15) is 0 Å². The van der Waals surface area contributed by atoms with E-state index in [-0.39, 0.29) is 12.8 Å². The van der Waals surface area contributed by atoms with Crippen LogP contribution < -0.4 is 5.32 Å². The number of amides is 1. The summed E-state index contributed by atoms with van der Waals surface area (Å²) in [5.41, 5.74) is 0.764. The van der Waals surface area contributed by atoms with Gasteiger partial charge in [-0.15, -0.1) is 0 Å². The highest BCUT2D eigenvalue weighted by molar-refractivity contribution is 5.91. The molecule has 0 heterocycles. The van der Waals surface area contributed by atoms with Gasteiger partial charge < -0.3 is 15.2 Å². The number of hydrogen-bond donors (Lipinski definition) is 2. The molecule has 0 bridgehead atoms. The van der Waals surface area contributed by atoms with E-state index in [1.165, 1.54) is 13.2 Å². The number of allylic oxidation sites excluding steroid dienone is 1. The molecule has 0 saturated carbocycles. The number of ether oxygens (including phenoxy) is 1. The number of carbonyl (C=O) groups is 3. The van der Waals surface area contributed by atoms with E-state index in [1.54, 1.807) is 13.8 Å². The Balaban J connectivity index is 4.35. The smallest absolute Gasteiger partial charge is 0.326 e. The van der Waals surface area contributed by atoms with Crippen molar-refractivity contribution in [2.24, 2.45) is 0 Å². The molecule has 0 radical (unpaired) electrons. The average Bonchev–Trinajstić information content (AvgIpc) is 2.22. The minimum atomic E-state index is -1.18. The second-order valence-electron chi connectivity index (χ2n) is 3.74. The molecule has 1 amide bonds. The number of nitrogens with one attached hydrogen (secondary N) is 1. The molecular weight excluding hydrogens is 226 g/mol. The summed E-state index contributed by atoms with van der Waals surface area (Å²) < 4.78 is 4.39. The summed E-state index contributed by atoms with van der Waals surface area (Å²) in [4.78, 5) is 33.0. The number of carboxylic acid groups (broad SMARTS) is 1. The normalized spacial score (nSPS) is 11.2. The first kappa shape index (κ1) is 15.2. The SMILES string of the molecule is COC(=O)CC[C@@H](NC(=O)C=C(C)C)C(=O)O. The van der Waals surface area contributed by atoms with Crippen LogP contribution in [0.4, 0.5) is 0 Å². The van der Waals surface area contributed by atoms with Crippen molar-refractivity contribution < 1.29 is 24.2 Å². The maximum absolute atomic E-state index is 11.3. The first-order valence-corrected chi connectivity index (χ1v) is 5.11. The van der Waals surface area contributed by atoms with Gasteiger partial charge in [-0.05, 0) is 20.3 Å². The largest absolute Gasteiger partial charge is 0.480 e. The van der Waals surface area contributed by atoms with Crippen molar-refractivity contribution in [3.63, 3.8) is 0 Å². The zero-order valence-corrected chi connectivity index (χ0v) is 10.1. The fourth-order valence-electron chi connectivity index (χ4n) is 1.10. The molecule has 0 fully saturated rings. The lowest BCUT2D eigenvalue weighted by Crippen LogP contribution is -2.40. The Bertz CT molecular complexity index is 331. The van der Waals surface area contributed by atoms with E-state index < -0.39 is 23.9 Å². The van der Waals surface area contributed by atoms with Gasteiger partial charge >= 0.3 is 11.9 Å². The Morgan fingerprint density at radius 1 is 1.35 bits per heavy atom. The predicted octanol–water partition coefficient (Wildman–Crippen LogP) is 0.475. The monoisotopic (exact) mass is 243 g/mol. The summed E-state index contributed by atoms with van der Waals surface area (Å²) in [5.74, 6) is -2.17. The molecule has 0 aromatic carbocycles. The van der Waals surface area contributed by atoms with Gasteiger partial charge in [-0.25, -0.2) is 4.79 Å². The molecule has 96 valence electrons. The van der Waals surface area contributed by atoms with Gasteiger partial charge in [0.05, 0.1) is 7.11 Å². The molecule has 0 aromatic heterocycles. The summed E-state index contributed by atoms with van der Waals surface area (Å²) in [6.07, 6.45) is 1.25. The first-order valence-electron chi connectivity index (χ1n) is 5.11. The lowest BCUT2D eigenvalue weighted by molar-refractivity contribution is -0.143. The van der Waals surface area contributed by atoms with Crippen LogP contribution in [0.25, 0.3) is 0 Å². The summed E-state index contributed by atoms with van der Waals surface area (Å²) in [6.45, 7) is 3.45. The number of aliphatic carboxylic acids is 1. The van der Waals surface area contributed by atoms with E-state index in [4.69, 9.17) is 5.11 Å². The van der Waals surface area contributed by atoms with Crippen LogP contribution in [-0.2, 0) is 19.1 Å². The molecule has 0 aliphatic heterocycles. The highest BCUT2D eigenvalue weighted by Gasteiger charge is 2.20. The van der Waals surface area contributed by atoms with Crippen LogP contribution in [0.3, 0.4) is 0 Å². The standard InChI is InChI=1S/C11H17NO5/c1-7(2)6-9(13)12-8(11(15)16)4-5-10(14)17-3/h6,8H,4-5H2,1-3H3,(H,12,13)(H,15,16)/t8-/m1/s1. The predicted molar refractivity (Wildman–Crippen MR) is 60.2 cm³/mol. The molecule has 0 aliphatic carbocycles. The van der Waals surface area contributed by atoms with Crippen LogP contribution in [0, 0.1) is 0 Å². The fraction of sp³-hybridized carbons (Fsp3) is 0.545. The molecule has 0 rings (SSSR count). The molecule has 0 aliphatic rings. The van der Waals surface area contributed by atoms with Crippen LogP contribution in [0.2, 0.25) is 0 Å². The third-order valence-electron chi connectivity index (χ3n) is 1.90. The second-order valence-corrected chi connectivity index (χ2v) is 3.74. The summed E-state index contributed by atoms with van der Waals surface area (Å²) in [5, 5.41) is 11.2. The minimum absolute atomic E-state index is 0.00431. The van der Waals surface area contributed by atoms with Gasteiger partial charge in [0.15, 0.2) is 0 Å². The van der Waals surface area contributed by atoms with E-state index in [1.807, 2.05) is 0 Å². The van der Waals surface area contributed by atoms with Crippen molar-refractivity contribution in [1.82, 2.24) is 5.32 Å². The molecule has 2 N–H and O–H groups in total. The maximum atomic E-state index is 11.3. The van der Waals surface area contributed by atoms with Crippen LogP contribution in [0.5, 0.6) is 0 Å². The molecule has 0 saturated heterocycles. The minimum Gasteiger partial charge on any atom is -0.480 e. The zero-order valence-electron chi connectivity index (χ0n) is 10.1. The van der Waals surface area contributed by atoms with E-state index >= 15 is 0 Å². The maximum Gasteiger partial charge on any atom is 0.326 e. The number of hydrogen-bond acceptors (Lipinski definition) is 4. The van der Waals surface area contributed by atoms with Crippen molar-refractivity contribution in [2.45, 2.75) is 32.7 Å². The van der Waals surface area contributed by atoms with E-state index in [9.17, 15) is 14.4 Å². The molecular formula is C11H17NO5. The average molecular weight is 243 g/mol.